The van der Waals surface area contributed by atoms with Crippen LogP contribution in [-0.2, 0) is 5.33 Å². The van der Waals surface area contributed by atoms with Crippen molar-refractivity contribution < 1.29 is 4.39 Å². The number of benzene rings is 1. The zero-order valence-corrected chi connectivity index (χ0v) is 7.88. The molecule has 64 valence electrons. The molecule has 4 heteroatoms. The highest BCUT2D eigenvalue weighted by Gasteiger charge is 1.99. The first kappa shape index (κ1) is 9.19. The van der Waals surface area contributed by atoms with E-state index in [2.05, 4.69) is 21.0 Å². The molecule has 1 aromatic carbocycles. The third-order valence-electron chi connectivity index (χ3n) is 1.43. The van der Waals surface area contributed by atoms with Crippen LogP contribution in [0.1, 0.15) is 11.1 Å². The quantitative estimate of drug-likeness (QED) is 0.359. The van der Waals surface area contributed by atoms with Gasteiger partial charge < -0.3 is 5.84 Å². The lowest BCUT2D eigenvalue weighted by Gasteiger charge is -1.98. The molecule has 2 nitrogen and oxygen atoms in total. The van der Waals surface area contributed by atoms with Crippen LogP contribution in [0.15, 0.2) is 23.3 Å². The van der Waals surface area contributed by atoms with Crippen LogP contribution in [0.3, 0.4) is 0 Å². The molecule has 0 unspecified atom stereocenters. The summed E-state index contributed by atoms with van der Waals surface area (Å²) in [5.74, 6) is 4.59. The lowest BCUT2D eigenvalue weighted by molar-refractivity contribution is 0.624. The fourth-order valence-corrected chi connectivity index (χ4v) is 1.19. The second-order valence-corrected chi connectivity index (χ2v) is 2.83. The molecule has 0 heterocycles. The van der Waals surface area contributed by atoms with Gasteiger partial charge in [-0.3, -0.25) is 0 Å². The van der Waals surface area contributed by atoms with Gasteiger partial charge in [-0.15, -0.1) is 0 Å². The second-order valence-electron chi connectivity index (χ2n) is 2.27. The minimum atomic E-state index is -0.304. The number of halogens is 2. The molecule has 1 rings (SSSR count). The van der Waals surface area contributed by atoms with Gasteiger partial charge in [0.05, 0.1) is 6.21 Å². The monoisotopic (exact) mass is 230 g/mol. The Hall–Kier alpha value is -0.900. The molecule has 0 aliphatic carbocycles. The van der Waals surface area contributed by atoms with E-state index in [1.165, 1.54) is 12.3 Å². The maximum absolute atomic E-state index is 13.1. The van der Waals surface area contributed by atoms with Crippen LogP contribution >= 0.6 is 15.9 Å². The molecule has 0 amide bonds. The molecule has 0 spiro atoms. The van der Waals surface area contributed by atoms with Gasteiger partial charge in [0.1, 0.15) is 5.82 Å². The molecule has 1 aromatic rings. The Labute approximate surface area is 78.4 Å². The second kappa shape index (κ2) is 4.21. The summed E-state index contributed by atoms with van der Waals surface area (Å²) in [6.45, 7) is 0. The topological polar surface area (TPSA) is 38.4 Å². The largest absolute Gasteiger partial charge is 0.323 e. The van der Waals surface area contributed by atoms with Crippen LogP contribution < -0.4 is 5.84 Å². The van der Waals surface area contributed by atoms with Crippen molar-refractivity contribution in [2.45, 2.75) is 5.33 Å². The van der Waals surface area contributed by atoms with Gasteiger partial charge in [-0.05, 0) is 11.6 Å². The SMILES string of the molecule is NN=Cc1ccc(CBr)cc1F. The number of rotatable bonds is 2. The third-order valence-corrected chi connectivity index (χ3v) is 2.08. The van der Waals surface area contributed by atoms with Crippen LogP contribution in [0.4, 0.5) is 4.39 Å². The third kappa shape index (κ3) is 2.04. The van der Waals surface area contributed by atoms with Crippen molar-refractivity contribution in [2.24, 2.45) is 10.9 Å². The van der Waals surface area contributed by atoms with Crippen LogP contribution in [0.2, 0.25) is 0 Å². The van der Waals surface area contributed by atoms with E-state index in [0.29, 0.717) is 10.9 Å². The van der Waals surface area contributed by atoms with Crippen molar-refractivity contribution in [3.05, 3.63) is 35.1 Å². The number of hydrazone groups is 1. The Morgan fingerprint density at radius 1 is 1.58 bits per heavy atom. The number of nitrogens with two attached hydrogens (primary N) is 1. The highest BCUT2D eigenvalue weighted by Crippen LogP contribution is 2.11. The predicted molar refractivity (Wildman–Crippen MR) is 50.8 cm³/mol. The fourth-order valence-electron chi connectivity index (χ4n) is 0.839. The standard InChI is InChI=1S/C8H8BrFN2/c9-4-6-1-2-7(5-12-11)8(10)3-6/h1-3,5H,4,11H2. The first-order valence-electron chi connectivity index (χ1n) is 3.35. The van der Waals surface area contributed by atoms with E-state index < -0.39 is 0 Å². The molecule has 0 radical (unpaired) electrons. The van der Waals surface area contributed by atoms with E-state index in [0.717, 1.165) is 5.56 Å². The molecule has 2 N–H and O–H groups in total. The van der Waals surface area contributed by atoms with Crippen molar-refractivity contribution in [3.63, 3.8) is 0 Å². The van der Waals surface area contributed by atoms with E-state index in [1.54, 1.807) is 6.07 Å². The number of hydrogen-bond donors (Lipinski definition) is 1. The summed E-state index contributed by atoms with van der Waals surface area (Å²) in [7, 11) is 0. The lowest BCUT2D eigenvalue weighted by atomic mass is 10.1. The van der Waals surface area contributed by atoms with E-state index in [1.807, 2.05) is 6.07 Å². The lowest BCUT2D eigenvalue weighted by Crippen LogP contribution is -1.92. The summed E-state index contributed by atoms with van der Waals surface area (Å²) in [6.07, 6.45) is 1.29. The zero-order chi connectivity index (χ0) is 8.97. The molecule has 0 aliphatic heterocycles. The minimum Gasteiger partial charge on any atom is -0.323 e. The van der Waals surface area contributed by atoms with Crippen LogP contribution in [0.25, 0.3) is 0 Å². The number of alkyl halides is 1. The fraction of sp³-hybridized carbons (Fsp3) is 0.125. The molecule has 0 aliphatic rings. The summed E-state index contributed by atoms with van der Waals surface area (Å²) in [6, 6.07) is 4.91. The molecular weight excluding hydrogens is 223 g/mol. The van der Waals surface area contributed by atoms with Gasteiger partial charge in [0.15, 0.2) is 0 Å². The Morgan fingerprint density at radius 2 is 2.33 bits per heavy atom. The number of hydrogen-bond acceptors (Lipinski definition) is 2. The van der Waals surface area contributed by atoms with Crippen molar-refractivity contribution in [1.29, 1.82) is 0 Å². The Morgan fingerprint density at radius 3 is 2.83 bits per heavy atom. The maximum atomic E-state index is 13.1. The first-order valence-corrected chi connectivity index (χ1v) is 4.47. The van der Waals surface area contributed by atoms with Crippen molar-refractivity contribution in [3.8, 4) is 0 Å². The van der Waals surface area contributed by atoms with Crippen LogP contribution in [0.5, 0.6) is 0 Å². The van der Waals surface area contributed by atoms with Crippen molar-refractivity contribution in [2.75, 3.05) is 0 Å². The Kier molecular flexibility index (Phi) is 3.22. The van der Waals surface area contributed by atoms with E-state index in [9.17, 15) is 4.39 Å². The van der Waals surface area contributed by atoms with Gasteiger partial charge in [0.2, 0.25) is 0 Å². The van der Waals surface area contributed by atoms with Gasteiger partial charge in [0, 0.05) is 10.9 Å². The van der Waals surface area contributed by atoms with E-state index in [-0.39, 0.29) is 5.82 Å². The minimum absolute atomic E-state index is 0.304. The summed E-state index contributed by atoms with van der Waals surface area (Å²) in [5, 5.41) is 3.89. The smallest absolute Gasteiger partial charge is 0.132 e. The molecule has 0 fully saturated rings. The van der Waals surface area contributed by atoms with Gasteiger partial charge in [-0.1, -0.05) is 28.1 Å². The highest BCUT2D eigenvalue weighted by molar-refractivity contribution is 9.08. The van der Waals surface area contributed by atoms with E-state index >= 15 is 0 Å². The molecule has 0 saturated carbocycles. The zero-order valence-electron chi connectivity index (χ0n) is 6.30. The van der Waals surface area contributed by atoms with Crippen LogP contribution in [0, 0.1) is 5.82 Å². The molecular formula is C8H8BrFN2. The van der Waals surface area contributed by atoms with Crippen molar-refractivity contribution in [1.82, 2.24) is 0 Å². The number of nitrogens with zero attached hydrogens (tertiary/aromatic N) is 1. The molecule has 0 atom stereocenters. The maximum Gasteiger partial charge on any atom is 0.132 e. The molecule has 0 saturated heterocycles. The summed E-state index contributed by atoms with van der Waals surface area (Å²) >= 11 is 3.23. The average molecular weight is 231 g/mol. The molecule has 0 bridgehead atoms. The van der Waals surface area contributed by atoms with Gasteiger partial charge in [-0.2, -0.15) is 5.10 Å². The van der Waals surface area contributed by atoms with Crippen LogP contribution in [-0.4, -0.2) is 6.21 Å². The first-order chi connectivity index (χ1) is 5.77. The summed E-state index contributed by atoms with van der Waals surface area (Å²) in [5.41, 5.74) is 1.30. The Bertz CT molecular complexity index is 299. The van der Waals surface area contributed by atoms with Gasteiger partial charge in [0.25, 0.3) is 0 Å². The highest BCUT2D eigenvalue weighted by atomic mass is 79.9. The van der Waals surface area contributed by atoms with Gasteiger partial charge >= 0.3 is 0 Å². The normalized spacial score (nSPS) is 10.8. The average Bonchev–Trinajstić information content (AvgIpc) is 2.09. The summed E-state index contributed by atoms with van der Waals surface area (Å²) < 4.78 is 13.1. The van der Waals surface area contributed by atoms with Gasteiger partial charge in [-0.25, -0.2) is 4.39 Å². The van der Waals surface area contributed by atoms with Crippen molar-refractivity contribution >= 4 is 22.1 Å². The Balaban J connectivity index is 3.03. The predicted octanol–water partition coefficient (Wildman–Crippen LogP) is 2.01. The molecule has 0 aromatic heterocycles. The summed E-state index contributed by atoms with van der Waals surface area (Å²) in [4.78, 5) is 0. The van der Waals surface area contributed by atoms with E-state index in [4.69, 9.17) is 5.84 Å². The molecule has 12 heavy (non-hydrogen) atoms.